The van der Waals surface area contributed by atoms with Crippen LogP contribution in [0.1, 0.15) is 73.1 Å². The molecule has 0 heterocycles. The summed E-state index contributed by atoms with van der Waals surface area (Å²) in [6.45, 7) is 12.1. The molecule has 0 aromatic rings. The number of carbonyl (C=O) groups excluding carboxylic acids is 1. The van der Waals surface area contributed by atoms with Crippen LogP contribution < -0.4 is 0 Å². The SMILES string of the molecule is CC(C)/C=C/[C@@H](C)[C@H]1CCC2C3C=CC4=CC(=O)CC[C@]4(C)C3CC[C@@]21C. The molecule has 2 fully saturated rings. The largest absolute Gasteiger partial charge is 0.295 e. The van der Waals surface area contributed by atoms with Crippen LogP contribution in [0.4, 0.5) is 0 Å². The topological polar surface area (TPSA) is 17.1 Å². The van der Waals surface area contributed by atoms with Gasteiger partial charge in [0.2, 0.25) is 0 Å². The number of ketones is 1. The second kappa shape index (κ2) is 6.75. The number of hydrogen-bond donors (Lipinski definition) is 0. The number of fused-ring (bicyclic) bond motifs is 5. The predicted octanol–water partition coefficient (Wildman–Crippen LogP) is 6.76. The van der Waals surface area contributed by atoms with Crippen molar-refractivity contribution in [1.29, 1.82) is 0 Å². The van der Waals surface area contributed by atoms with Gasteiger partial charge >= 0.3 is 0 Å². The molecule has 0 aliphatic heterocycles. The van der Waals surface area contributed by atoms with Gasteiger partial charge in [0.15, 0.2) is 5.78 Å². The van der Waals surface area contributed by atoms with Crippen LogP contribution in [0.3, 0.4) is 0 Å². The molecule has 7 atom stereocenters. The zero-order chi connectivity index (χ0) is 19.4. The van der Waals surface area contributed by atoms with Crippen LogP contribution in [-0.2, 0) is 4.79 Å². The van der Waals surface area contributed by atoms with Crippen LogP contribution in [0.2, 0.25) is 0 Å². The van der Waals surface area contributed by atoms with Gasteiger partial charge in [-0.2, -0.15) is 0 Å². The lowest BCUT2D eigenvalue weighted by Crippen LogP contribution is -2.49. The van der Waals surface area contributed by atoms with E-state index in [2.05, 4.69) is 58.9 Å². The van der Waals surface area contributed by atoms with Crippen molar-refractivity contribution < 1.29 is 4.79 Å². The minimum atomic E-state index is 0.232. The average Bonchev–Trinajstić information content (AvgIpc) is 2.97. The number of rotatable bonds is 3. The van der Waals surface area contributed by atoms with E-state index in [4.69, 9.17) is 0 Å². The highest BCUT2D eigenvalue weighted by Crippen LogP contribution is 2.66. The summed E-state index contributed by atoms with van der Waals surface area (Å²) in [6, 6.07) is 0. The van der Waals surface area contributed by atoms with Crippen LogP contribution in [-0.4, -0.2) is 5.78 Å². The number of allylic oxidation sites excluding steroid dienone is 6. The zero-order valence-electron chi connectivity index (χ0n) is 18.0. The van der Waals surface area contributed by atoms with Crippen LogP contribution >= 0.6 is 0 Å². The summed E-state index contributed by atoms with van der Waals surface area (Å²) in [4.78, 5) is 12.0. The van der Waals surface area contributed by atoms with E-state index in [1.54, 1.807) is 0 Å². The molecular formula is C26H38O. The van der Waals surface area contributed by atoms with E-state index in [-0.39, 0.29) is 5.41 Å². The number of carbonyl (C=O) groups is 1. The van der Waals surface area contributed by atoms with Crippen molar-refractivity contribution in [1.82, 2.24) is 0 Å². The Balaban J connectivity index is 1.61. The van der Waals surface area contributed by atoms with Crippen LogP contribution in [0.5, 0.6) is 0 Å². The minimum Gasteiger partial charge on any atom is -0.295 e. The molecule has 0 bridgehead atoms. The van der Waals surface area contributed by atoms with E-state index < -0.39 is 0 Å². The number of hydrogen-bond acceptors (Lipinski definition) is 1. The van der Waals surface area contributed by atoms with Crippen molar-refractivity contribution in [3.8, 4) is 0 Å². The minimum absolute atomic E-state index is 0.232. The van der Waals surface area contributed by atoms with Crippen LogP contribution in [0, 0.1) is 46.3 Å². The Bertz CT molecular complexity index is 695. The lowest BCUT2D eigenvalue weighted by Gasteiger charge is -2.56. The molecule has 0 aromatic heterocycles. The van der Waals surface area contributed by atoms with E-state index >= 15 is 0 Å². The van der Waals surface area contributed by atoms with E-state index in [0.29, 0.717) is 29.0 Å². The predicted molar refractivity (Wildman–Crippen MR) is 113 cm³/mol. The maximum atomic E-state index is 12.0. The molecular weight excluding hydrogens is 328 g/mol. The maximum absolute atomic E-state index is 12.0. The summed E-state index contributed by atoms with van der Waals surface area (Å²) in [5, 5.41) is 0. The molecule has 0 aromatic carbocycles. The van der Waals surface area contributed by atoms with Gasteiger partial charge in [0.05, 0.1) is 0 Å². The molecule has 0 saturated heterocycles. The van der Waals surface area contributed by atoms with E-state index in [0.717, 1.165) is 30.6 Å². The molecule has 0 radical (unpaired) electrons. The van der Waals surface area contributed by atoms with Crippen molar-refractivity contribution in [2.24, 2.45) is 46.3 Å². The van der Waals surface area contributed by atoms with E-state index in [1.165, 1.54) is 31.3 Å². The third-order valence-electron chi connectivity index (χ3n) is 9.02. The molecule has 0 N–H and O–H groups in total. The lowest BCUT2D eigenvalue weighted by molar-refractivity contribution is -0.116. The molecule has 27 heavy (non-hydrogen) atoms. The third kappa shape index (κ3) is 3.00. The Labute approximate surface area is 166 Å². The molecule has 1 nitrogen and oxygen atoms in total. The molecule has 3 unspecified atom stereocenters. The van der Waals surface area contributed by atoms with Gasteiger partial charge < -0.3 is 0 Å². The highest BCUT2D eigenvalue weighted by molar-refractivity contribution is 5.92. The maximum Gasteiger partial charge on any atom is 0.156 e. The lowest BCUT2D eigenvalue weighted by atomic mass is 9.48. The second-order valence-corrected chi connectivity index (χ2v) is 10.8. The van der Waals surface area contributed by atoms with Gasteiger partial charge in [0, 0.05) is 6.42 Å². The normalized spacial score (nSPS) is 44.8. The van der Waals surface area contributed by atoms with Gasteiger partial charge in [-0.3, -0.25) is 4.79 Å². The Morgan fingerprint density at radius 2 is 1.81 bits per heavy atom. The van der Waals surface area contributed by atoms with Crippen molar-refractivity contribution in [2.75, 3.05) is 0 Å². The fourth-order valence-corrected chi connectivity index (χ4v) is 7.43. The Morgan fingerprint density at radius 1 is 1.04 bits per heavy atom. The molecule has 0 spiro atoms. The monoisotopic (exact) mass is 366 g/mol. The highest BCUT2D eigenvalue weighted by atomic mass is 16.1. The summed E-state index contributed by atoms with van der Waals surface area (Å²) < 4.78 is 0. The highest BCUT2D eigenvalue weighted by Gasteiger charge is 2.58. The van der Waals surface area contributed by atoms with Gasteiger partial charge in [-0.05, 0) is 90.1 Å². The van der Waals surface area contributed by atoms with Gasteiger partial charge in [-0.1, -0.05) is 58.9 Å². The van der Waals surface area contributed by atoms with Crippen molar-refractivity contribution in [2.45, 2.75) is 73.1 Å². The first-order valence-corrected chi connectivity index (χ1v) is 11.4. The standard InChI is InChI=1S/C26H38O/c1-17(2)6-7-18(3)22-10-11-23-21-9-8-19-16-20(27)12-14-25(19,4)24(21)13-15-26(22,23)5/h6-9,16-18,21-24H,10-15H2,1-5H3/b7-6+/t18-,21?,22-,23?,24?,25+,26-/m1/s1. The Morgan fingerprint density at radius 3 is 2.56 bits per heavy atom. The molecule has 148 valence electrons. The first kappa shape index (κ1) is 19.2. The summed E-state index contributed by atoms with van der Waals surface area (Å²) in [5.74, 6) is 4.76. The molecule has 4 aliphatic rings. The second-order valence-electron chi connectivity index (χ2n) is 10.8. The van der Waals surface area contributed by atoms with Crippen LogP contribution in [0.15, 0.2) is 36.0 Å². The molecule has 1 heteroatoms. The van der Waals surface area contributed by atoms with Gasteiger partial charge in [-0.25, -0.2) is 0 Å². The summed E-state index contributed by atoms with van der Waals surface area (Å²) in [7, 11) is 0. The summed E-state index contributed by atoms with van der Waals surface area (Å²) in [6.07, 6.45) is 19.0. The van der Waals surface area contributed by atoms with Gasteiger partial charge in [-0.15, -0.1) is 0 Å². The van der Waals surface area contributed by atoms with Crippen molar-refractivity contribution >= 4 is 5.78 Å². The Kier molecular flexibility index (Phi) is 4.80. The molecule has 4 rings (SSSR count). The summed E-state index contributed by atoms with van der Waals surface area (Å²) in [5.41, 5.74) is 2.04. The van der Waals surface area contributed by atoms with Gasteiger partial charge in [0.25, 0.3) is 0 Å². The summed E-state index contributed by atoms with van der Waals surface area (Å²) >= 11 is 0. The Hall–Kier alpha value is -1.11. The zero-order valence-corrected chi connectivity index (χ0v) is 18.0. The smallest absolute Gasteiger partial charge is 0.156 e. The molecule has 0 amide bonds. The third-order valence-corrected chi connectivity index (χ3v) is 9.02. The van der Waals surface area contributed by atoms with Gasteiger partial charge in [0.1, 0.15) is 0 Å². The fraction of sp³-hybridized carbons (Fsp3) is 0.731. The first-order chi connectivity index (χ1) is 12.8. The quantitative estimate of drug-likeness (QED) is 0.504. The average molecular weight is 367 g/mol. The van der Waals surface area contributed by atoms with Crippen LogP contribution in [0.25, 0.3) is 0 Å². The fourth-order valence-electron chi connectivity index (χ4n) is 7.43. The van der Waals surface area contributed by atoms with Crippen molar-refractivity contribution in [3.63, 3.8) is 0 Å². The molecule has 2 saturated carbocycles. The van der Waals surface area contributed by atoms with E-state index in [1.807, 2.05) is 6.08 Å². The first-order valence-electron chi connectivity index (χ1n) is 11.4. The molecule has 4 aliphatic carbocycles. The van der Waals surface area contributed by atoms with Crippen molar-refractivity contribution in [3.05, 3.63) is 36.0 Å². The van der Waals surface area contributed by atoms with E-state index in [9.17, 15) is 4.79 Å².